The Morgan fingerprint density at radius 2 is 1.82 bits per heavy atom. The number of rotatable bonds is 3. The van der Waals surface area contributed by atoms with Gasteiger partial charge in [-0.3, -0.25) is 15.0 Å². The van der Waals surface area contributed by atoms with Crippen LogP contribution in [0.5, 0.6) is 0 Å². The van der Waals surface area contributed by atoms with Crippen LogP contribution in [0.2, 0.25) is 5.02 Å². The Morgan fingerprint density at radius 3 is 2.50 bits per heavy atom. The van der Waals surface area contributed by atoms with Crippen molar-refractivity contribution >= 4 is 35.2 Å². The molecule has 1 N–H and O–H groups in total. The maximum absolute atomic E-state index is 12.2. The Morgan fingerprint density at radius 1 is 1.14 bits per heavy atom. The van der Waals surface area contributed by atoms with Crippen LogP contribution in [0, 0.1) is 0 Å². The maximum Gasteiger partial charge on any atom is 0.269 e. The monoisotopic (exact) mass is 332 g/mol. The summed E-state index contributed by atoms with van der Waals surface area (Å²) >= 11 is 7.36. The van der Waals surface area contributed by atoms with Crippen molar-refractivity contribution < 1.29 is 9.59 Å². The van der Waals surface area contributed by atoms with Crippen molar-refractivity contribution in [2.45, 2.75) is 5.37 Å². The van der Waals surface area contributed by atoms with Gasteiger partial charge < -0.3 is 0 Å². The zero-order chi connectivity index (χ0) is 15.5. The molecule has 3 rings (SSSR count). The molecule has 2 aromatic rings. The van der Waals surface area contributed by atoms with Gasteiger partial charge in [-0.25, -0.2) is 5.01 Å². The van der Waals surface area contributed by atoms with E-state index in [1.165, 1.54) is 16.8 Å². The number of nitrogens with one attached hydrogen (secondary N) is 1. The van der Waals surface area contributed by atoms with Crippen LogP contribution in [-0.4, -0.2) is 22.6 Å². The van der Waals surface area contributed by atoms with E-state index in [1.807, 2.05) is 18.2 Å². The van der Waals surface area contributed by atoms with E-state index < -0.39 is 0 Å². The van der Waals surface area contributed by atoms with Crippen LogP contribution in [0.1, 0.15) is 21.3 Å². The SMILES string of the molecule is O=C(NN1C(=O)CS[C@@H]1c1ccc(Cl)cc1)c1ccccc1. The summed E-state index contributed by atoms with van der Waals surface area (Å²) in [5.41, 5.74) is 4.14. The third-order valence-electron chi connectivity index (χ3n) is 3.28. The largest absolute Gasteiger partial charge is 0.272 e. The highest BCUT2D eigenvalue weighted by Crippen LogP contribution is 2.37. The van der Waals surface area contributed by atoms with Gasteiger partial charge in [0.25, 0.3) is 11.8 Å². The molecule has 1 saturated heterocycles. The molecule has 0 radical (unpaired) electrons. The molecule has 2 amide bonds. The molecule has 2 aromatic carbocycles. The molecule has 22 heavy (non-hydrogen) atoms. The minimum Gasteiger partial charge on any atom is -0.272 e. The fraction of sp³-hybridized carbons (Fsp3) is 0.125. The van der Waals surface area contributed by atoms with Gasteiger partial charge in [-0.05, 0) is 29.8 Å². The van der Waals surface area contributed by atoms with Gasteiger partial charge >= 0.3 is 0 Å². The van der Waals surface area contributed by atoms with E-state index in [4.69, 9.17) is 11.6 Å². The van der Waals surface area contributed by atoms with Crippen LogP contribution in [0.4, 0.5) is 0 Å². The number of amides is 2. The van der Waals surface area contributed by atoms with Crippen LogP contribution in [0.25, 0.3) is 0 Å². The molecule has 1 aliphatic heterocycles. The maximum atomic E-state index is 12.2. The topological polar surface area (TPSA) is 49.4 Å². The van der Waals surface area contributed by atoms with Gasteiger partial charge in [-0.1, -0.05) is 41.9 Å². The Hall–Kier alpha value is -1.98. The van der Waals surface area contributed by atoms with Crippen LogP contribution >= 0.6 is 23.4 Å². The predicted molar refractivity (Wildman–Crippen MR) is 87.4 cm³/mol. The third-order valence-corrected chi connectivity index (χ3v) is 4.75. The second-order valence-corrected chi connectivity index (χ2v) is 6.29. The summed E-state index contributed by atoms with van der Waals surface area (Å²) in [6.45, 7) is 0. The molecule has 0 aromatic heterocycles. The fourth-order valence-corrected chi connectivity index (χ4v) is 3.42. The van der Waals surface area contributed by atoms with E-state index in [-0.39, 0.29) is 17.2 Å². The number of hydrazine groups is 1. The highest BCUT2D eigenvalue weighted by atomic mass is 35.5. The fourth-order valence-electron chi connectivity index (χ4n) is 2.18. The number of benzene rings is 2. The molecule has 1 heterocycles. The number of carbonyl (C=O) groups is 2. The van der Waals surface area contributed by atoms with Gasteiger partial charge in [-0.2, -0.15) is 0 Å². The van der Waals surface area contributed by atoms with Crippen molar-refractivity contribution in [3.05, 3.63) is 70.7 Å². The smallest absolute Gasteiger partial charge is 0.269 e. The summed E-state index contributed by atoms with van der Waals surface area (Å²) in [5.74, 6) is -0.0767. The highest BCUT2D eigenvalue weighted by molar-refractivity contribution is 8.00. The summed E-state index contributed by atoms with van der Waals surface area (Å²) in [6, 6.07) is 16.1. The minimum atomic E-state index is -0.296. The molecule has 112 valence electrons. The van der Waals surface area contributed by atoms with E-state index in [0.717, 1.165) is 5.56 Å². The van der Waals surface area contributed by atoms with E-state index >= 15 is 0 Å². The molecule has 0 bridgehead atoms. The molecule has 0 aliphatic carbocycles. The Kier molecular flexibility index (Phi) is 4.36. The van der Waals surface area contributed by atoms with Crippen molar-refractivity contribution in [3.63, 3.8) is 0 Å². The summed E-state index contributed by atoms with van der Waals surface area (Å²) in [6.07, 6.45) is 0. The zero-order valence-electron chi connectivity index (χ0n) is 11.5. The average molecular weight is 333 g/mol. The quantitative estimate of drug-likeness (QED) is 0.938. The predicted octanol–water partition coefficient (Wildman–Crippen LogP) is 3.26. The molecular formula is C16H13ClN2O2S. The minimum absolute atomic E-state index is 0.116. The first-order valence-corrected chi connectivity index (χ1v) is 8.13. The summed E-state index contributed by atoms with van der Waals surface area (Å²) in [7, 11) is 0. The average Bonchev–Trinajstić information content (AvgIpc) is 2.90. The van der Waals surface area contributed by atoms with E-state index in [2.05, 4.69) is 5.43 Å². The molecule has 6 heteroatoms. The zero-order valence-corrected chi connectivity index (χ0v) is 13.1. The van der Waals surface area contributed by atoms with Crippen LogP contribution < -0.4 is 5.43 Å². The standard InChI is InChI=1S/C16H13ClN2O2S/c17-13-8-6-12(7-9-13)16-19(14(20)10-22-16)18-15(21)11-4-2-1-3-5-11/h1-9,16H,10H2,(H,18,21)/t16-/m1/s1. The van der Waals surface area contributed by atoms with Gasteiger partial charge in [0.05, 0.1) is 5.75 Å². The Bertz CT molecular complexity index is 691. The first-order valence-electron chi connectivity index (χ1n) is 6.70. The molecule has 4 nitrogen and oxygen atoms in total. The lowest BCUT2D eigenvalue weighted by Crippen LogP contribution is -2.44. The number of nitrogens with zero attached hydrogens (tertiary/aromatic N) is 1. The second-order valence-electron chi connectivity index (χ2n) is 4.79. The van der Waals surface area contributed by atoms with Gasteiger partial charge in [0, 0.05) is 10.6 Å². The Labute approximate surface area is 137 Å². The lowest BCUT2D eigenvalue weighted by Gasteiger charge is -2.24. The van der Waals surface area contributed by atoms with E-state index in [1.54, 1.807) is 36.4 Å². The number of halogens is 1. The van der Waals surface area contributed by atoms with E-state index in [0.29, 0.717) is 16.3 Å². The molecule has 1 fully saturated rings. The number of thioether (sulfide) groups is 1. The third kappa shape index (κ3) is 3.10. The van der Waals surface area contributed by atoms with Crippen molar-refractivity contribution in [2.24, 2.45) is 0 Å². The molecule has 1 atom stereocenters. The first kappa shape index (κ1) is 14.9. The van der Waals surface area contributed by atoms with E-state index in [9.17, 15) is 9.59 Å². The van der Waals surface area contributed by atoms with Crippen molar-refractivity contribution in [1.82, 2.24) is 10.4 Å². The van der Waals surface area contributed by atoms with Crippen molar-refractivity contribution in [2.75, 3.05) is 5.75 Å². The second kappa shape index (κ2) is 6.42. The van der Waals surface area contributed by atoms with Crippen LogP contribution in [-0.2, 0) is 4.79 Å². The lowest BCUT2D eigenvalue weighted by molar-refractivity contribution is -0.130. The molecule has 1 aliphatic rings. The van der Waals surface area contributed by atoms with Gasteiger partial charge in [0.2, 0.25) is 0 Å². The Balaban J connectivity index is 1.79. The van der Waals surface area contributed by atoms with Crippen molar-refractivity contribution in [3.8, 4) is 0 Å². The molecule has 0 unspecified atom stereocenters. The molecule has 0 spiro atoms. The van der Waals surface area contributed by atoms with Crippen LogP contribution in [0.15, 0.2) is 54.6 Å². The number of hydrogen-bond acceptors (Lipinski definition) is 3. The highest BCUT2D eigenvalue weighted by Gasteiger charge is 2.34. The van der Waals surface area contributed by atoms with Crippen LogP contribution in [0.3, 0.4) is 0 Å². The molecular weight excluding hydrogens is 320 g/mol. The summed E-state index contributed by atoms with van der Waals surface area (Å²) < 4.78 is 0. The van der Waals surface area contributed by atoms with Gasteiger partial charge in [-0.15, -0.1) is 11.8 Å². The van der Waals surface area contributed by atoms with Gasteiger partial charge in [0.15, 0.2) is 0 Å². The number of carbonyl (C=O) groups excluding carboxylic acids is 2. The van der Waals surface area contributed by atoms with Crippen molar-refractivity contribution in [1.29, 1.82) is 0 Å². The summed E-state index contributed by atoms with van der Waals surface area (Å²) in [5, 5.41) is 1.79. The lowest BCUT2D eigenvalue weighted by atomic mass is 10.2. The van der Waals surface area contributed by atoms with Gasteiger partial charge in [0.1, 0.15) is 5.37 Å². The summed E-state index contributed by atoms with van der Waals surface area (Å²) in [4.78, 5) is 24.3. The molecule has 0 saturated carbocycles. The first-order chi connectivity index (χ1) is 10.6. The normalized spacial score (nSPS) is 17.6. The number of hydrogen-bond donors (Lipinski definition) is 1.